The van der Waals surface area contributed by atoms with E-state index in [1.165, 1.54) is 11.8 Å². The quantitative estimate of drug-likeness (QED) is 0.262. The van der Waals surface area contributed by atoms with Crippen molar-refractivity contribution < 1.29 is 9.84 Å². The maximum Gasteiger partial charge on any atom is 0.191 e. The van der Waals surface area contributed by atoms with Crippen LogP contribution in [0.2, 0.25) is 0 Å². The summed E-state index contributed by atoms with van der Waals surface area (Å²) in [6, 6.07) is 1.74. The molecule has 0 saturated carbocycles. The van der Waals surface area contributed by atoms with Crippen LogP contribution in [-0.4, -0.2) is 54.7 Å². The Labute approximate surface area is 111 Å². The highest BCUT2D eigenvalue weighted by atomic mass is 32.2. The third kappa shape index (κ3) is 4.30. The summed E-state index contributed by atoms with van der Waals surface area (Å²) in [5.74, 6) is 6.64. The molecule has 1 heterocycles. The molecule has 1 aromatic heterocycles. The zero-order chi connectivity index (χ0) is 13.4. The first kappa shape index (κ1) is 15.0. The fourth-order valence-electron chi connectivity index (χ4n) is 1.40. The zero-order valence-corrected chi connectivity index (χ0v) is 11.4. The molecule has 0 atom stereocenters. The molecule has 0 amide bonds. The number of hydrogen-bond donors (Lipinski definition) is 3. The highest BCUT2D eigenvalue weighted by Crippen LogP contribution is 2.19. The maximum absolute atomic E-state index is 9.08. The number of hydrogen-bond acceptors (Lipinski definition) is 8. The van der Waals surface area contributed by atoms with Crippen molar-refractivity contribution in [2.24, 2.45) is 5.84 Å². The van der Waals surface area contributed by atoms with Crippen LogP contribution in [0.15, 0.2) is 11.2 Å². The average molecular weight is 273 g/mol. The van der Waals surface area contributed by atoms with E-state index in [2.05, 4.69) is 15.4 Å². The summed E-state index contributed by atoms with van der Waals surface area (Å²) in [5.41, 5.74) is 2.51. The number of anilines is 2. The molecule has 0 radical (unpaired) electrons. The van der Waals surface area contributed by atoms with Crippen molar-refractivity contribution in [1.29, 1.82) is 0 Å². The molecular weight excluding hydrogens is 254 g/mol. The summed E-state index contributed by atoms with van der Waals surface area (Å²) in [6.07, 6.45) is 1.89. The molecule has 7 nitrogen and oxygen atoms in total. The predicted octanol–water partition coefficient (Wildman–Crippen LogP) is -0.0708. The fourth-order valence-corrected chi connectivity index (χ4v) is 1.78. The van der Waals surface area contributed by atoms with E-state index in [9.17, 15) is 0 Å². The van der Waals surface area contributed by atoms with Crippen LogP contribution in [0.3, 0.4) is 0 Å². The van der Waals surface area contributed by atoms with E-state index in [0.717, 1.165) is 0 Å². The second kappa shape index (κ2) is 8.09. The number of nitrogens with two attached hydrogens (primary N) is 1. The van der Waals surface area contributed by atoms with Crippen molar-refractivity contribution in [2.45, 2.75) is 5.16 Å². The minimum absolute atomic E-state index is 0.0493. The Kier molecular flexibility index (Phi) is 6.73. The van der Waals surface area contributed by atoms with Gasteiger partial charge < -0.3 is 20.2 Å². The molecule has 18 heavy (non-hydrogen) atoms. The van der Waals surface area contributed by atoms with Gasteiger partial charge in [-0.2, -0.15) is 0 Å². The second-order valence-corrected chi connectivity index (χ2v) is 4.22. The van der Waals surface area contributed by atoms with Crippen LogP contribution in [0.5, 0.6) is 0 Å². The SMILES string of the molecule is COCCN(CCO)c1cc(NN)nc(SC)n1. The number of nitrogens with one attached hydrogen (secondary N) is 1. The van der Waals surface area contributed by atoms with Crippen molar-refractivity contribution in [3.8, 4) is 0 Å². The van der Waals surface area contributed by atoms with Crippen molar-refractivity contribution >= 4 is 23.4 Å². The molecule has 0 aliphatic carbocycles. The van der Waals surface area contributed by atoms with Gasteiger partial charge in [-0.25, -0.2) is 15.8 Å². The van der Waals surface area contributed by atoms with Crippen molar-refractivity contribution in [2.75, 3.05) is 50.0 Å². The number of rotatable bonds is 8. The largest absolute Gasteiger partial charge is 0.395 e. The summed E-state index contributed by atoms with van der Waals surface area (Å²) in [4.78, 5) is 10.5. The van der Waals surface area contributed by atoms with Gasteiger partial charge in [0.1, 0.15) is 11.6 Å². The first-order valence-electron chi connectivity index (χ1n) is 5.49. The summed E-state index contributed by atoms with van der Waals surface area (Å²) in [6.45, 7) is 1.74. The normalized spacial score (nSPS) is 10.4. The van der Waals surface area contributed by atoms with Crippen LogP contribution < -0.4 is 16.2 Å². The molecule has 1 rings (SSSR count). The highest BCUT2D eigenvalue weighted by molar-refractivity contribution is 7.98. The monoisotopic (exact) mass is 273 g/mol. The molecule has 0 saturated heterocycles. The predicted molar refractivity (Wildman–Crippen MR) is 72.8 cm³/mol. The van der Waals surface area contributed by atoms with Crippen LogP contribution in [0.4, 0.5) is 11.6 Å². The molecule has 0 spiro atoms. The van der Waals surface area contributed by atoms with Gasteiger partial charge in [-0.05, 0) is 6.26 Å². The Morgan fingerprint density at radius 3 is 2.83 bits per heavy atom. The number of ether oxygens (including phenoxy) is 1. The summed E-state index contributed by atoms with van der Waals surface area (Å²) >= 11 is 1.43. The lowest BCUT2D eigenvalue weighted by Gasteiger charge is -2.23. The van der Waals surface area contributed by atoms with Crippen LogP contribution in [-0.2, 0) is 4.74 Å². The van der Waals surface area contributed by atoms with E-state index in [4.69, 9.17) is 15.7 Å². The van der Waals surface area contributed by atoms with E-state index in [0.29, 0.717) is 36.5 Å². The second-order valence-electron chi connectivity index (χ2n) is 3.45. The molecule has 0 bridgehead atoms. The van der Waals surface area contributed by atoms with E-state index >= 15 is 0 Å². The Morgan fingerprint density at radius 1 is 1.50 bits per heavy atom. The van der Waals surface area contributed by atoms with E-state index < -0.39 is 0 Å². The van der Waals surface area contributed by atoms with Crippen molar-refractivity contribution in [3.05, 3.63) is 6.07 Å². The van der Waals surface area contributed by atoms with Crippen molar-refractivity contribution in [3.63, 3.8) is 0 Å². The summed E-state index contributed by atoms with van der Waals surface area (Å²) < 4.78 is 5.04. The lowest BCUT2D eigenvalue weighted by molar-refractivity contribution is 0.202. The van der Waals surface area contributed by atoms with Crippen LogP contribution in [0.25, 0.3) is 0 Å². The smallest absolute Gasteiger partial charge is 0.191 e. The van der Waals surface area contributed by atoms with Gasteiger partial charge >= 0.3 is 0 Å². The Bertz CT molecular complexity index is 344. The third-order valence-corrected chi connectivity index (χ3v) is 2.83. The first-order chi connectivity index (χ1) is 8.74. The third-order valence-electron chi connectivity index (χ3n) is 2.28. The topological polar surface area (TPSA) is 96.5 Å². The molecule has 0 aromatic carbocycles. The van der Waals surface area contributed by atoms with Gasteiger partial charge in [-0.3, -0.25) is 0 Å². The number of nitrogen functional groups attached to an aromatic ring is 1. The van der Waals surface area contributed by atoms with E-state index in [-0.39, 0.29) is 6.61 Å². The molecule has 0 aliphatic heterocycles. The minimum Gasteiger partial charge on any atom is -0.395 e. The Balaban J connectivity index is 2.93. The number of aromatic nitrogens is 2. The van der Waals surface area contributed by atoms with E-state index in [1.807, 2.05) is 11.2 Å². The molecule has 0 fully saturated rings. The molecule has 0 aliphatic rings. The number of nitrogens with zero attached hydrogens (tertiary/aromatic N) is 3. The van der Waals surface area contributed by atoms with E-state index in [1.54, 1.807) is 13.2 Å². The van der Waals surface area contributed by atoms with Gasteiger partial charge in [-0.15, -0.1) is 0 Å². The van der Waals surface area contributed by atoms with Gasteiger partial charge in [0.2, 0.25) is 0 Å². The molecule has 1 aromatic rings. The summed E-state index contributed by atoms with van der Waals surface area (Å²) in [5, 5.41) is 9.70. The number of aliphatic hydroxyl groups excluding tert-OH is 1. The zero-order valence-electron chi connectivity index (χ0n) is 10.6. The van der Waals surface area contributed by atoms with Crippen LogP contribution in [0, 0.1) is 0 Å². The summed E-state index contributed by atoms with van der Waals surface area (Å²) in [7, 11) is 1.64. The molecule has 102 valence electrons. The van der Waals surface area contributed by atoms with Gasteiger partial charge in [0.15, 0.2) is 5.16 Å². The Morgan fingerprint density at radius 2 is 2.28 bits per heavy atom. The molecular formula is C10H19N5O2S. The number of thioether (sulfide) groups is 1. The number of methoxy groups -OCH3 is 1. The van der Waals surface area contributed by atoms with Gasteiger partial charge in [-0.1, -0.05) is 11.8 Å². The van der Waals surface area contributed by atoms with Crippen LogP contribution in [0.1, 0.15) is 0 Å². The number of hydrazine groups is 1. The highest BCUT2D eigenvalue weighted by Gasteiger charge is 2.10. The Hall–Kier alpha value is -1.09. The lowest BCUT2D eigenvalue weighted by Crippen LogP contribution is -2.31. The van der Waals surface area contributed by atoms with Gasteiger partial charge in [0, 0.05) is 26.3 Å². The van der Waals surface area contributed by atoms with Crippen LogP contribution >= 0.6 is 11.8 Å². The van der Waals surface area contributed by atoms with Gasteiger partial charge in [0.25, 0.3) is 0 Å². The molecule has 4 N–H and O–H groups in total. The van der Waals surface area contributed by atoms with Gasteiger partial charge in [0.05, 0.1) is 13.2 Å². The average Bonchev–Trinajstić information content (AvgIpc) is 2.42. The standard InChI is InChI=1S/C10H19N5O2S/c1-17-6-4-15(3-5-16)9-7-8(14-11)12-10(13-9)18-2/h7,16H,3-6,11H2,1-2H3,(H,12,13,14). The lowest BCUT2D eigenvalue weighted by atomic mass is 10.4. The minimum atomic E-state index is 0.0493. The first-order valence-corrected chi connectivity index (χ1v) is 6.72. The molecule has 0 unspecified atom stereocenters. The number of aliphatic hydroxyl groups is 1. The van der Waals surface area contributed by atoms with Crippen molar-refractivity contribution in [1.82, 2.24) is 9.97 Å². The molecule has 8 heteroatoms. The fraction of sp³-hybridized carbons (Fsp3) is 0.600. The maximum atomic E-state index is 9.08.